The Morgan fingerprint density at radius 2 is 2.15 bits per heavy atom. The van der Waals surface area contributed by atoms with E-state index in [-0.39, 0.29) is 12.2 Å². The highest BCUT2D eigenvalue weighted by Gasteiger charge is 2.54. The smallest absolute Gasteiger partial charge is 0.352 e. The fraction of sp³-hybridized carbons (Fsp3) is 0.333. The second kappa shape index (κ2) is 9.79. The molecule has 15 heteroatoms. The number of benzene rings is 1. The molecule has 33 heavy (non-hydrogen) atoms. The van der Waals surface area contributed by atoms with Crippen LogP contribution in [-0.2, 0) is 23.2 Å². The highest BCUT2D eigenvalue weighted by molar-refractivity contribution is 8.01. The predicted molar refractivity (Wildman–Crippen MR) is 123 cm³/mol. The van der Waals surface area contributed by atoms with Crippen molar-refractivity contribution in [1.82, 2.24) is 35.7 Å². The van der Waals surface area contributed by atoms with E-state index >= 15 is 0 Å². The monoisotopic (exact) mass is 529 g/mol. The molecule has 0 bridgehead atoms. The fourth-order valence-corrected chi connectivity index (χ4v) is 6.13. The average Bonchev–Trinajstić information content (AvgIpc) is 3.19. The number of aromatic nitrogens is 4. The number of aryl methyl sites for hydroxylation is 1. The van der Waals surface area contributed by atoms with Crippen molar-refractivity contribution in [3.63, 3.8) is 0 Å². The van der Waals surface area contributed by atoms with E-state index in [1.165, 1.54) is 33.1 Å². The number of thioether (sulfide) groups is 2. The molecule has 3 amide bonds. The number of urea groups is 1. The van der Waals surface area contributed by atoms with Crippen LogP contribution in [-0.4, -0.2) is 71.0 Å². The largest absolute Gasteiger partial charge is 0.477 e. The standard InChI is InChI=1S/C18H17Cl2N7O4S2/c1-26-18(23-24-25-26)33-7-9-6-32-15-12(14(28)27(15)13(9)16(29)30)22-17(31)21-5-8-2-3-10(19)4-11(8)20/h2-4,12,15H,5-7H2,1H3,(H,29,30)(H2,21,22,31)/t12?,15-/m1/s1. The van der Waals surface area contributed by atoms with Gasteiger partial charge in [0, 0.05) is 35.1 Å². The van der Waals surface area contributed by atoms with E-state index in [0.717, 1.165) is 0 Å². The minimum atomic E-state index is -1.19. The number of nitrogens with one attached hydrogen (secondary N) is 2. The second-order valence-electron chi connectivity index (χ2n) is 7.08. The third-order valence-corrected chi connectivity index (χ3v) is 7.97. The molecule has 1 aromatic heterocycles. The van der Waals surface area contributed by atoms with Crippen molar-refractivity contribution in [2.75, 3.05) is 11.5 Å². The highest BCUT2D eigenvalue weighted by Crippen LogP contribution is 2.41. The molecule has 2 aliphatic heterocycles. The molecule has 174 valence electrons. The first-order valence-corrected chi connectivity index (χ1v) is 12.3. The maximum absolute atomic E-state index is 12.7. The van der Waals surface area contributed by atoms with E-state index in [1.807, 2.05) is 0 Å². The maximum Gasteiger partial charge on any atom is 0.352 e. The van der Waals surface area contributed by atoms with Crippen LogP contribution in [0.5, 0.6) is 0 Å². The van der Waals surface area contributed by atoms with Gasteiger partial charge in [-0.3, -0.25) is 9.69 Å². The van der Waals surface area contributed by atoms with Crippen LogP contribution >= 0.6 is 46.7 Å². The highest BCUT2D eigenvalue weighted by atomic mass is 35.5. The van der Waals surface area contributed by atoms with E-state index in [9.17, 15) is 19.5 Å². The molecule has 2 aromatic rings. The number of rotatable bonds is 7. The van der Waals surface area contributed by atoms with Gasteiger partial charge in [-0.15, -0.1) is 16.9 Å². The molecule has 0 radical (unpaired) electrons. The fourth-order valence-electron chi connectivity index (χ4n) is 3.32. The van der Waals surface area contributed by atoms with Crippen LogP contribution in [0.1, 0.15) is 5.56 Å². The number of halogens is 2. The number of carboxylic acids is 1. The van der Waals surface area contributed by atoms with Crippen LogP contribution in [0.15, 0.2) is 34.6 Å². The lowest BCUT2D eigenvalue weighted by Crippen LogP contribution is -2.71. The Hall–Kier alpha value is -2.48. The quantitative estimate of drug-likeness (QED) is 0.360. The molecule has 0 spiro atoms. The van der Waals surface area contributed by atoms with Gasteiger partial charge in [0.1, 0.15) is 17.1 Å². The number of amides is 3. The zero-order chi connectivity index (χ0) is 23.7. The van der Waals surface area contributed by atoms with E-state index < -0.39 is 29.3 Å². The van der Waals surface area contributed by atoms with Crippen LogP contribution in [0.2, 0.25) is 10.0 Å². The van der Waals surface area contributed by atoms with Gasteiger partial charge in [0.15, 0.2) is 0 Å². The lowest BCUT2D eigenvalue weighted by molar-refractivity contribution is -0.148. The summed E-state index contributed by atoms with van der Waals surface area (Å²) in [6, 6.07) is 3.53. The summed E-state index contributed by atoms with van der Waals surface area (Å²) in [5.74, 6) is -0.957. The lowest BCUT2D eigenvalue weighted by atomic mass is 10.0. The molecule has 0 saturated carbocycles. The topological polar surface area (TPSA) is 142 Å². The predicted octanol–water partition coefficient (Wildman–Crippen LogP) is 1.73. The lowest BCUT2D eigenvalue weighted by Gasteiger charge is -2.49. The van der Waals surface area contributed by atoms with Crippen LogP contribution in [0, 0.1) is 0 Å². The van der Waals surface area contributed by atoms with Crippen molar-refractivity contribution in [2.24, 2.45) is 7.05 Å². The summed E-state index contributed by atoms with van der Waals surface area (Å²) in [6.45, 7) is 0.142. The van der Waals surface area contributed by atoms with Crippen molar-refractivity contribution < 1.29 is 19.5 Å². The van der Waals surface area contributed by atoms with Crippen LogP contribution < -0.4 is 10.6 Å². The Morgan fingerprint density at radius 1 is 1.36 bits per heavy atom. The van der Waals surface area contributed by atoms with Crippen LogP contribution in [0.4, 0.5) is 4.79 Å². The molecular formula is C18H17Cl2N7O4S2. The average molecular weight is 530 g/mol. The summed E-state index contributed by atoms with van der Waals surface area (Å²) in [4.78, 5) is 38.2. The molecule has 1 aromatic carbocycles. The molecule has 0 aliphatic carbocycles. The normalized spacial score (nSPS) is 19.7. The number of nitrogens with zero attached hydrogens (tertiary/aromatic N) is 5. The van der Waals surface area contributed by atoms with Gasteiger partial charge in [0.05, 0.1) is 0 Å². The molecule has 2 aliphatic rings. The molecule has 1 unspecified atom stereocenters. The number of aliphatic carboxylic acids is 1. The van der Waals surface area contributed by atoms with Crippen molar-refractivity contribution in [3.8, 4) is 0 Å². The summed E-state index contributed by atoms with van der Waals surface area (Å²) in [6.07, 6.45) is 0. The van der Waals surface area contributed by atoms with Crippen molar-refractivity contribution in [2.45, 2.75) is 23.1 Å². The second-order valence-corrected chi connectivity index (χ2v) is 9.97. The van der Waals surface area contributed by atoms with E-state index in [2.05, 4.69) is 26.2 Å². The van der Waals surface area contributed by atoms with Gasteiger partial charge in [-0.25, -0.2) is 14.3 Å². The minimum absolute atomic E-state index is 0.0576. The number of hydrogen-bond donors (Lipinski definition) is 3. The van der Waals surface area contributed by atoms with Gasteiger partial charge in [-0.2, -0.15) is 0 Å². The third kappa shape index (κ3) is 4.90. The van der Waals surface area contributed by atoms with Crippen LogP contribution in [0.25, 0.3) is 0 Å². The SMILES string of the molecule is Cn1nnnc1SCC1=C(C(=O)O)N2C(=O)C(NC(=O)NCc3ccc(Cl)cc3Cl)[C@H]2SC1. The van der Waals surface area contributed by atoms with E-state index in [1.54, 1.807) is 25.2 Å². The van der Waals surface area contributed by atoms with Gasteiger partial charge in [0.2, 0.25) is 5.16 Å². The molecule has 11 nitrogen and oxygen atoms in total. The number of fused-ring (bicyclic) bond motifs is 1. The number of β-lactam (4-membered cyclic amide) rings is 1. The first kappa shape index (κ1) is 23.7. The Balaban J connectivity index is 1.38. The van der Waals surface area contributed by atoms with Crippen LogP contribution in [0.3, 0.4) is 0 Å². The molecule has 2 atom stereocenters. The third-order valence-electron chi connectivity index (χ3n) is 4.95. The maximum atomic E-state index is 12.7. The number of hydrogen-bond acceptors (Lipinski definition) is 8. The van der Waals surface area contributed by atoms with Gasteiger partial charge in [0.25, 0.3) is 5.91 Å². The van der Waals surface area contributed by atoms with Crippen molar-refractivity contribution in [1.29, 1.82) is 0 Å². The molecule has 3 heterocycles. The Kier molecular flexibility index (Phi) is 7.02. The Labute approximate surface area is 206 Å². The molecule has 1 saturated heterocycles. The summed E-state index contributed by atoms with van der Waals surface area (Å²) >= 11 is 14.6. The van der Waals surface area contributed by atoms with E-state index in [4.69, 9.17) is 23.2 Å². The summed E-state index contributed by atoms with van der Waals surface area (Å²) < 4.78 is 1.48. The summed E-state index contributed by atoms with van der Waals surface area (Å²) in [5, 5.41) is 27.1. The molecule has 4 rings (SSSR count). The van der Waals surface area contributed by atoms with Crippen molar-refractivity contribution in [3.05, 3.63) is 45.1 Å². The summed E-state index contributed by atoms with van der Waals surface area (Å²) in [5.41, 5.74) is 1.20. The minimum Gasteiger partial charge on any atom is -0.477 e. The number of carbonyl (C=O) groups is 3. The van der Waals surface area contributed by atoms with Gasteiger partial charge in [-0.05, 0) is 33.7 Å². The van der Waals surface area contributed by atoms with Crippen molar-refractivity contribution >= 4 is 64.6 Å². The number of carbonyl (C=O) groups excluding carboxylic acids is 2. The molecule has 3 N–H and O–H groups in total. The first-order chi connectivity index (χ1) is 15.8. The zero-order valence-corrected chi connectivity index (χ0v) is 20.1. The summed E-state index contributed by atoms with van der Waals surface area (Å²) in [7, 11) is 1.68. The van der Waals surface area contributed by atoms with Gasteiger partial charge >= 0.3 is 12.0 Å². The molecule has 1 fully saturated rings. The van der Waals surface area contributed by atoms with E-state index in [0.29, 0.717) is 37.8 Å². The van der Waals surface area contributed by atoms with Gasteiger partial charge in [-0.1, -0.05) is 41.0 Å². The van der Waals surface area contributed by atoms with Gasteiger partial charge < -0.3 is 15.7 Å². The first-order valence-electron chi connectivity index (χ1n) is 9.49. The Morgan fingerprint density at radius 3 is 2.82 bits per heavy atom. The molecular weight excluding hydrogens is 513 g/mol. The number of carboxylic acid groups (broad SMARTS) is 1. The number of tetrazole rings is 1. The Bertz CT molecular complexity index is 1160. The zero-order valence-electron chi connectivity index (χ0n) is 17.0.